The van der Waals surface area contributed by atoms with Gasteiger partial charge in [-0.15, -0.1) is 24.0 Å². The van der Waals surface area contributed by atoms with E-state index in [0.29, 0.717) is 18.2 Å². The first-order valence-corrected chi connectivity index (χ1v) is 10.3. The van der Waals surface area contributed by atoms with Gasteiger partial charge in [0.15, 0.2) is 5.96 Å². The van der Waals surface area contributed by atoms with Crippen LogP contribution in [0.3, 0.4) is 0 Å². The summed E-state index contributed by atoms with van der Waals surface area (Å²) in [4.78, 5) is 18.9. The number of benzene rings is 2. The summed E-state index contributed by atoms with van der Waals surface area (Å²) in [5, 5.41) is 10.3. The van der Waals surface area contributed by atoms with Crippen LogP contribution in [0.5, 0.6) is 0 Å². The molecule has 162 valence electrons. The van der Waals surface area contributed by atoms with Crippen LogP contribution in [-0.4, -0.2) is 44.6 Å². The van der Waals surface area contributed by atoms with Crippen LogP contribution >= 0.6 is 35.6 Å². The summed E-state index contributed by atoms with van der Waals surface area (Å²) in [6, 6.07) is 15.8. The fourth-order valence-corrected chi connectivity index (χ4v) is 3.61. The zero-order valence-electron chi connectivity index (χ0n) is 17.3. The van der Waals surface area contributed by atoms with Crippen LogP contribution in [0.4, 0.5) is 5.69 Å². The first-order valence-electron chi connectivity index (χ1n) is 9.95. The number of anilines is 1. The van der Waals surface area contributed by atoms with Gasteiger partial charge in [0.2, 0.25) is 0 Å². The number of aliphatic imine (C=N–C) groups is 1. The van der Waals surface area contributed by atoms with Crippen LogP contribution in [0, 0.1) is 0 Å². The van der Waals surface area contributed by atoms with Gasteiger partial charge in [-0.1, -0.05) is 29.8 Å². The Balaban J connectivity index is 0.00000320. The largest absolute Gasteiger partial charge is 0.369 e. The Morgan fingerprint density at radius 1 is 1.23 bits per heavy atom. The normalized spacial score (nSPS) is 16.0. The highest BCUT2D eigenvalue weighted by atomic mass is 127. The summed E-state index contributed by atoms with van der Waals surface area (Å²) >= 11 is 6.13. The van der Waals surface area contributed by atoms with E-state index in [-0.39, 0.29) is 29.9 Å². The van der Waals surface area contributed by atoms with E-state index < -0.39 is 0 Å². The SMILES string of the molecule is CCNC(=NCc1cccc(C(=O)NC)c1)NC1CCN(c2cccc(Cl)c2)C1.I. The van der Waals surface area contributed by atoms with Gasteiger partial charge >= 0.3 is 0 Å². The smallest absolute Gasteiger partial charge is 0.251 e. The molecule has 1 aliphatic heterocycles. The molecule has 2 aromatic rings. The molecule has 1 aliphatic rings. The molecule has 0 aliphatic carbocycles. The Kier molecular flexibility index (Phi) is 9.71. The molecular weight excluding hydrogens is 513 g/mol. The minimum absolute atomic E-state index is 0. The molecule has 0 spiro atoms. The molecule has 1 fully saturated rings. The van der Waals surface area contributed by atoms with Crippen LogP contribution in [0.2, 0.25) is 5.02 Å². The van der Waals surface area contributed by atoms with Crippen molar-refractivity contribution in [3.63, 3.8) is 0 Å². The van der Waals surface area contributed by atoms with Crippen molar-refractivity contribution in [3.05, 3.63) is 64.7 Å². The fourth-order valence-electron chi connectivity index (χ4n) is 3.42. The number of rotatable bonds is 6. The topological polar surface area (TPSA) is 68.8 Å². The third-order valence-electron chi connectivity index (χ3n) is 4.88. The van der Waals surface area contributed by atoms with E-state index in [1.165, 1.54) is 0 Å². The second-order valence-corrected chi connectivity index (χ2v) is 7.47. The van der Waals surface area contributed by atoms with Gasteiger partial charge in [0.25, 0.3) is 5.91 Å². The lowest BCUT2D eigenvalue weighted by Gasteiger charge is -2.20. The van der Waals surface area contributed by atoms with Crippen LogP contribution in [-0.2, 0) is 6.54 Å². The number of halogens is 2. The molecule has 30 heavy (non-hydrogen) atoms. The Morgan fingerprint density at radius 2 is 2.03 bits per heavy atom. The van der Waals surface area contributed by atoms with Crippen molar-refractivity contribution in [2.75, 3.05) is 31.6 Å². The van der Waals surface area contributed by atoms with E-state index in [9.17, 15) is 4.79 Å². The van der Waals surface area contributed by atoms with Crippen LogP contribution < -0.4 is 20.9 Å². The molecule has 0 saturated carbocycles. The maximum absolute atomic E-state index is 11.8. The maximum Gasteiger partial charge on any atom is 0.251 e. The summed E-state index contributed by atoms with van der Waals surface area (Å²) < 4.78 is 0. The maximum atomic E-state index is 11.8. The highest BCUT2D eigenvalue weighted by molar-refractivity contribution is 14.0. The molecule has 1 heterocycles. The Hall–Kier alpha value is -2.00. The molecular formula is C22H29ClIN5O. The van der Waals surface area contributed by atoms with Crippen LogP contribution in [0.25, 0.3) is 0 Å². The van der Waals surface area contributed by atoms with Gasteiger partial charge in [-0.3, -0.25) is 4.79 Å². The molecule has 3 rings (SSSR count). The first kappa shape index (κ1) is 24.3. The van der Waals surface area contributed by atoms with Gasteiger partial charge in [0, 0.05) is 49.0 Å². The number of hydrogen-bond donors (Lipinski definition) is 3. The minimum Gasteiger partial charge on any atom is -0.369 e. The van der Waals surface area contributed by atoms with E-state index in [2.05, 4.69) is 33.8 Å². The predicted octanol–water partition coefficient (Wildman–Crippen LogP) is 3.65. The van der Waals surface area contributed by atoms with Gasteiger partial charge in [-0.2, -0.15) is 0 Å². The highest BCUT2D eigenvalue weighted by Gasteiger charge is 2.23. The second-order valence-electron chi connectivity index (χ2n) is 7.03. The first-order chi connectivity index (χ1) is 14.1. The molecule has 1 unspecified atom stereocenters. The van der Waals surface area contributed by atoms with Crippen molar-refractivity contribution in [2.45, 2.75) is 25.9 Å². The number of hydrogen-bond acceptors (Lipinski definition) is 3. The highest BCUT2D eigenvalue weighted by Crippen LogP contribution is 2.23. The van der Waals surface area contributed by atoms with E-state index in [1.54, 1.807) is 13.1 Å². The molecule has 1 amide bonds. The number of nitrogens with one attached hydrogen (secondary N) is 3. The number of carbonyl (C=O) groups is 1. The average molecular weight is 542 g/mol. The Labute approximate surface area is 200 Å². The number of amides is 1. The lowest BCUT2D eigenvalue weighted by Crippen LogP contribution is -2.44. The standard InChI is InChI=1S/C22H28ClN5O.HI/c1-3-25-22(26-14-16-6-4-7-17(12-16)21(29)24-2)27-19-10-11-28(15-19)20-9-5-8-18(23)13-20;/h4-9,12-13,19H,3,10-11,14-15H2,1-2H3,(H,24,29)(H2,25,26,27);1H. The predicted molar refractivity (Wildman–Crippen MR) is 135 cm³/mol. The van der Waals surface area contributed by atoms with E-state index >= 15 is 0 Å². The molecule has 6 nitrogen and oxygen atoms in total. The molecule has 3 N–H and O–H groups in total. The Bertz CT molecular complexity index is 876. The third-order valence-corrected chi connectivity index (χ3v) is 5.12. The van der Waals surface area contributed by atoms with Crippen molar-refractivity contribution in [3.8, 4) is 0 Å². The fraction of sp³-hybridized carbons (Fsp3) is 0.364. The number of carbonyl (C=O) groups excluding carboxylic acids is 1. The van der Waals surface area contributed by atoms with Crippen molar-refractivity contribution >= 4 is 53.1 Å². The zero-order valence-corrected chi connectivity index (χ0v) is 20.4. The van der Waals surface area contributed by atoms with Crippen molar-refractivity contribution in [1.82, 2.24) is 16.0 Å². The van der Waals surface area contributed by atoms with E-state index in [4.69, 9.17) is 16.6 Å². The van der Waals surface area contributed by atoms with Gasteiger partial charge in [-0.05, 0) is 49.2 Å². The van der Waals surface area contributed by atoms with Crippen LogP contribution in [0.15, 0.2) is 53.5 Å². The van der Waals surface area contributed by atoms with Crippen LogP contribution in [0.1, 0.15) is 29.3 Å². The molecule has 0 aromatic heterocycles. The molecule has 2 aromatic carbocycles. The second kappa shape index (κ2) is 12.0. The summed E-state index contributed by atoms with van der Waals surface area (Å²) in [5.74, 6) is 0.698. The van der Waals surface area contributed by atoms with E-state index in [1.807, 2.05) is 36.4 Å². The van der Waals surface area contributed by atoms with E-state index in [0.717, 1.165) is 48.3 Å². The summed E-state index contributed by atoms with van der Waals surface area (Å²) in [6.45, 7) is 5.22. The Morgan fingerprint density at radius 3 is 2.77 bits per heavy atom. The number of nitrogens with zero attached hydrogens (tertiary/aromatic N) is 2. The molecule has 0 bridgehead atoms. The number of guanidine groups is 1. The third kappa shape index (κ3) is 6.77. The molecule has 8 heteroatoms. The molecule has 1 atom stereocenters. The zero-order chi connectivity index (χ0) is 20.6. The average Bonchev–Trinajstić information content (AvgIpc) is 3.20. The van der Waals surface area contributed by atoms with Crippen molar-refractivity contribution in [2.24, 2.45) is 4.99 Å². The minimum atomic E-state index is -0.0899. The summed E-state index contributed by atoms with van der Waals surface area (Å²) in [5.41, 5.74) is 2.79. The summed E-state index contributed by atoms with van der Waals surface area (Å²) in [6.07, 6.45) is 1.03. The van der Waals surface area contributed by atoms with Gasteiger partial charge in [-0.25, -0.2) is 4.99 Å². The lowest BCUT2D eigenvalue weighted by molar-refractivity contribution is 0.0963. The van der Waals surface area contributed by atoms with Crippen molar-refractivity contribution < 1.29 is 4.79 Å². The van der Waals surface area contributed by atoms with Gasteiger partial charge in [0.05, 0.1) is 6.54 Å². The molecule has 1 saturated heterocycles. The monoisotopic (exact) mass is 541 g/mol. The molecule has 0 radical (unpaired) electrons. The quantitative estimate of drug-likeness (QED) is 0.297. The van der Waals surface area contributed by atoms with Gasteiger partial charge < -0.3 is 20.9 Å². The van der Waals surface area contributed by atoms with Crippen molar-refractivity contribution in [1.29, 1.82) is 0 Å². The van der Waals surface area contributed by atoms with Gasteiger partial charge in [0.1, 0.15) is 0 Å². The summed E-state index contributed by atoms with van der Waals surface area (Å²) in [7, 11) is 1.63. The lowest BCUT2D eigenvalue weighted by atomic mass is 10.1.